The second-order valence-corrected chi connectivity index (χ2v) is 6.62. The van der Waals surface area contributed by atoms with Crippen LogP contribution in [0.5, 0.6) is 0 Å². The highest BCUT2D eigenvalue weighted by Gasteiger charge is 2.19. The number of benzene rings is 2. The number of H-pyrrole nitrogens is 1. The van der Waals surface area contributed by atoms with Crippen molar-refractivity contribution in [2.24, 2.45) is 0 Å². The molecule has 1 saturated heterocycles. The molecule has 0 saturated carbocycles. The number of fused-ring (bicyclic) bond motifs is 1. The van der Waals surface area contributed by atoms with Gasteiger partial charge in [-0.1, -0.05) is 36.4 Å². The van der Waals surface area contributed by atoms with Gasteiger partial charge in [0, 0.05) is 49.0 Å². The van der Waals surface area contributed by atoms with Crippen LogP contribution >= 0.6 is 0 Å². The predicted molar refractivity (Wildman–Crippen MR) is 109 cm³/mol. The molecule has 1 aliphatic rings. The smallest absolute Gasteiger partial charge is 0.255 e. The van der Waals surface area contributed by atoms with Crippen LogP contribution in [0.2, 0.25) is 0 Å². The van der Waals surface area contributed by atoms with E-state index in [0.29, 0.717) is 18.7 Å². The van der Waals surface area contributed by atoms with Crippen molar-refractivity contribution in [3.05, 3.63) is 82.7 Å². The molecule has 1 amide bonds. The predicted octanol–water partition coefficient (Wildman–Crippen LogP) is 2.89. The maximum absolute atomic E-state index is 12.5. The Morgan fingerprint density at radius 3 is 2.41 bits per heavy atom. The van der Waals surface area contributed by atoms with Crippen LogP contribution in [0.15, 0.2) is 71.5 Å². The van der Waals surface area contributed by atoms with E-state index in [1.165, 1.54) is 11.8 Å². The Hall–Kier alpha value is -3.34. The van der Waals surface area contributed by atoms with E-state index < -0.39 is 0 Å². The van der Waals surface area contributed by atoms with Gasteiger partial charge >= 0.3 is 0 Å². The third-order valence-electron chi connectivity index (χ3n) is 4.90. The summed E-state index contributed by atoms with van der Waals surface area (Å²) in [7, 11) is 0. The van der Waals surface area contributed by atoms with Crippen molar-refractivity contribution >= 4 is 28.6 Å². The van der Waals surface area contributed by atoms with Gasteiger partial charge in [-0.05, 0) is 35.7 Å². The molecule has 1 aromatic heterocycles. The molecule has 0 spiro atoms. The number of piperazine rings is 1. The summed E-state index contributed by atoms with van der Waals surface area (Å²) in [5.74, 6) is -0.0599. The monoisotopic (exact) mass is 359 g/mol. The molecule has 1 N–H and O–H groups in total. The number of aromatic nitrogens is 1. The van der Waals surface area contributed by atoms with Crippen molar-refractivity contribution < 1.29 is 4.79 Å². The fourth-order valence-corrected chi connectivity index (χ4v) is 3.38. The number of carbonyl (C=O) groups excluding carboxylic acids is 1. The number of rotatable bonds is 3. The minimum Gasteiger partial charge on any atom is -0.368 e. The van der Waals surface area contributed by atoms with Crippen molar-refractivity contribution in [1.82, 2.24) is 9.88 Å². The fraction of sp³-hybridized carbons (Fsp3) is 0.182. The first-order valence-electron chi connectivity index (χ1n) is 9.10. The number of para-hydroxylation sites is 2. The molecule has 27 heavy (non-hydrogen) atoms. The Bertz CT molecular complexity index is 1030. The van der Waals surface area contributed by atoms with E-state index in [0.717, 1.165) is 24.0 Å². The number of carbonyl (C=O) groups is 1. The first-order valence-corrected chi connectivity index (χ1v) is 9.10. The molecular formula is C22H21N3O2. The van der Waals surface area contributed by atoms with E-state index in [1.54, 1.807) is 6.08 Å². The maximum atomic E-state index is 12.5. The summed E-state index contributed by atoms with van der Waals surface area (Å²) in [5, 5.41) is 0.945. The molecule has 0 atom stereocenters. The van der Waals surface area contributed by atoms with E-state index in [4.69, 9.17) is 0 Å². The summed E-state index contributed by atoms with van der Waals surface area (Å²) in [6.45, 7) is 2.96. The van der Waals surface area contributed by atoms with Crippen molar-refractivity contribution in [3.8, 4) is 0 Å². The summed E-state index contributed by atoms with van der Waals surface area (Å²) in [4.78, 5) is 31.6. The van der Waals surface area contributed by atoms with Gasteiger partial charge in [0.2, 0.25) is 5.91 Å². The average molecular weight is 359 g/mol. The van der Waals surface area contributed by atoms with Gasteiger partial charge in [0.15, 0.2) is 0 Å². The lowest BCUT2D eigenvalue weighted by atomic mass is 10.1. The topological polar surface area (TPSA) is 56.4 Å². The highest BCUT2D eigenvalue weighted by Crippen LogP contribution is 2.16. The molecule has 1 aliphatic heterocycles. The van der Waals surface area contributed by atoms with Crippen LogP contribution in [0.1, 0.15) is 5.56 Å². The van der Waals surface area contributed by atoms with E-state index in [1.807, 2.05) is 53.4 Å². The van der Waals surface area contributed by atoms with Gasteiger partial charge in [0.25, 0.3) is 5.56 Å². The largest absolute Gasteiger partial charge is 0.368 e. The van der Waals surface area contributed by atoms with E-state index in [9.17, 15) is 9.59 Å². The average Bonchev–Trinajstić information content (AvgIpc) is 2.73. The summed E-state index contributed by atoms with van der Waals surface area (Å²) in [6.07, 6.45) is 3.11. The highest BCUT2D eigenvalue weighted by atomic mass is 16.2. The van der Waals surface area contributed by atoms with E-state index in [-0.39, 0.29) is 11.5 Å². The van der Waals surface area contributed by atoms with Crippen LogP contribution in [-0.4, -0.2) is 42.0 Å². The molecule has 0 unspecified atom stereocenters. The van der Waals surface area contributed by atoms with Crippen molar-refractivity contribution in [1.29, 1.82) is 0 Å². The molecule has 0 bridgehead atoms. The fourth-order valence-electron chi connectivity index (χ4n) is 3.38. The quantitative estimate of drug-likeness (QED) is 0.732. The standard InChI is InChI=1S/C22H21N3O2/c26-21(25-14-12-24(13-15-25)19-7-2-1-3-8-19)11-10-18-16-17-6-4-5-9-20(17)23-22(18)27/h1-11,16H,12-15H2,(H,23,27)/b11-10+. The maximum Gasteiger partial charge on any atom is 0.255 e. The molecule has 5 nitrogen and oxygen atoms in total. The number of amides is 1. The number of nitrogens with one attached hydrogen (secondary N) is 1. The molecule has 136 valence electrons. The Balaban J connectivity index is 1.42. The summed E-state index contributed by atoms with van der Waals surface area (Å²) >= 11 is 0. The number of aromatic amines is 1. The lowest BCUT2D eigenvalue weighted by molar-refractivity contribution is -0.126. The normalized spacial score (nSPS) is 14.8. The SMILES string of the molecule is O=C(/C=C/c1cc2ccccc2[nH]c1=O)N1CCN(c2ccccc2)CC1. The summed E-state index contributed by atoms with van der Waals surface area (Å²) < 4.78 is 0. The number of nitrogens with zero attached hydrogens (tertiary/aromatic N) is 2. The molecule has 2 heterocycles. The van der Waals surface area contributed by atoms with Gasteiger partial charge in [-0.25, -0.2) is 0 Å². The Morgan fingerprint density at radius 1 is 0.926 bits per heavy atom. The third kappa shape index (κ3) is 3.77. The highest BCUT2D eigenvalue weighted by molar-refractivity contribution is 5.92. The van der Waals surface area contributed by atoms with Crippen molar-refractivity contribution in [3.63, 3.8) is 0 Å². The summed E-state index contributed by atoms with van der Waals surface area (Å²) in [5.41, 5.74) is 2.28. The number of hydrogen-bond donors (Lipinski definition) is 1. The third-order valence-corrected chi connectivity index (χ3v) is 4.90. The first kappa shape index (κ1) is 17.1. The molecule has 0 radical (unpaired) electrons. The Kier molecular flexibility index (Phi) is 4.75. The van der Waals surface area contributed by atoms with Gasteiger partial charge in [-0.15, -0.1) is 0 Å². The Morgan fingerprint density at radius 2 is 1.63 bits per heavy atom. The lowest BCUT2D eigenvalue weighted by Crippen LogP contribution is -2.48. The number of hydrogen-bond acceptors (Lipinski definition) is 3. The van der Waals surface area contributed by atoms with E-state index in [2.05, 4.69) is 22.0 Å². The van der Waals surface area contributed by atoms with Gasteiger partial charge in [-0.3, -0.25) is 9.59 Å². The zero-order valence-electron chi connectivity index (χ0n) is 15.0. The number of anilines is 1. The van der Waals surface area contributed by atoms with Crippen LogP contribution in [-0.2, 0) is 4.79 Å². The minimum absolute atomic E-state index is 0.0599. The summed E-state index contributed by atoms with van der Waals surface area (Å²) in [6, 6.07) is 19.6. The van der Waals surface area contributed by atoms with Gasteiger partial charge in [0.1, 0.15) is 0 Å². The lowest BCUT2D eigenvalue weighted by Gasteiger charge is -2.35. The van der Waals surface area contributed by atoms with Gasteiger partial charge < -0.3 is 14.8 Å². The molecule has 4 rings (SSSR count). The van der Waals surface area contributed by atoms with Crippen molar-refractivity contribution in [2.75, 3.05) is 31.1 Å². The molecule has 5 heteroatoms. The van der Waals surface area contributed by atoms with Crippen LogP contribution in [0.3, 0.4) is 0 Å². The molecule has 0 aliphatic carbocycles. The van der Waals surface area contributed by atoms with Crippen LogP contribution in [0.4, 0.5) is 5.69 Å². The second kappa shape index (κ2) is 7.50. The number of pyridine rings is 1. The molecule has 2 aromatic carbocycles. The van der Waals surface area contributed by atoms with Crippen molar-refractivity contribution in [2.45, 2.75) is 0 Å². The minimum atomic E-state index is -0.188. The van der Waals surface area contributed by atoms with Gasteiger partial charge in [0.05, 0.1) is 0 Å². The van der Waals surface area contributed by atoms with Gasteiger partial charge in [-0.2, -0.15) is 0 Å². The van der Waals surface area contributed by atoms with Crippen LogP contribution < -0.4 is 10.5 Å². The zero-order valence-corrected chi connectivity index (χ0v) is 15.0. The molecule has 1 fully saturated rings. The Labute approximate surface area is 157 Å². The first-order chi connectivity index (χ1) is 13.2. The van der Waals surface area contributed by atoms with Crippen LogP contribution in [0, 0.1) is 0 Å². The second-order valence-electron chi connectivity index (χ2n) is 6.62. The van der Waals surface area contributed by atoms with E-state index >= 15 is 0 Å². The zero-order chi connectivity index (χ0) is 18.6. The molecular weight excluding hydrogens is 338 g/mol. The molecule has 3 aromatic rings. The van der Waals surface area contributed by atoms with Crippen LogP contribution in [0.25, 0.3) is 17.0 Å².